The standard InChI is InChI=1S/C9H19O8P/c1-3-8(11)5-16-18(13,14)17-6-9(12)4-15-7(2)10/h8-9,11-12H,3-6H2,1-2H3,(H,13,14). The summed E-state index contributed by atoms with van der Waals surface area (Å²) in [5.41, 5.74) is 0. The fourth-order valence-corrected chi connectivity index (χ4v) is 1.57. The third-order valence-electron chi connectivity index (χ3n) is 1.81. The number of esters is 1. The molecule has 0 fully saturated rings. The molecule has 0 spiro atoms. The van der Waals surface area contributed by atoms with Gasteiger partial charge < -0.3 is 19.8 Å². The molecule has 0 aromatic rings. The zero-order valence-electron chi connectivity index (χ0n) is 10.3. The van der Waals surface area contributed by atoms with Gasteiger partial charge in [-0.15, -0.1) is 0 Å². The molecule has 0 rings (SSSR count). The smallest absolute Gasteiger partial charge is 0.463 e. The molecule has 0 heterocycles. The van der Waals surface area contributed by atoms with Crippen LogP contribution in [0.15, 0.2) is 0 Å². The summed E-state index contributed by atoms with van der Waals surface area (Å²) in [5.74, 6) is -0.580. The summed E-state index contributed by atoms with van der Waals surface area (Å²) in [4.78, 5) is 19.6. The van der Waals surface area contributed by atoms with Gasteiger partial charge in [0.15, 0.2) is 0 Å². The van der Waals surface area contributed by atoms with Crippen LogP contribution in [0.3, 0.4) is 0 Å². The molecule has 0 aliphatic heterocycles. The lowest BCUT2D eigenvalue weighted by Gasteiger charge is -2.16. The normalized spacial score (nSPS) is 17.8. The molecule has 0 amide bonds. The van der Waals surface area contributed by atoms with E-state index in [0.29, 0.717) is 6.42 Å². The Balaban J connectivity index is 3.87. The van der Waals surface area contributed by atoms with E-state index in [9.17, 15) is 14.5 Å². The van der Waals surface area contributed by atoms with E-state index in [1.807, 2.05) is 0 Å². The highest BCUT2D eigenvalue weighted by atomic mass is 31.2. The van der Waals surface area contributed by atoms with E-state index in [4.69, 9.17) is 10.00 Å². The number of hydrogen-bond donors (Lipinski definition) is 3. The first-order valence-electron chi connectivity index (χ1n) is 5.38. The van der Waals surface area contributed by atoms with E-state index in [2.05, 4.69) is 13.8 Å². The van der Waals surface area contributed by atoms with Crippen molar-refractivity contribution < 1.29 is 38.3 Å². The van der Waals surface area contributed by atoms with Gasteiger partial charge in [-0.3, -0.25) is 13.8 Å². The van der Waals surface area contributed by atoms with Crippen molar-refractivity contribution >= 4 is 13.8 Å². The fourth-order valence-electron chi connectivity index (χ4n) is 0.777. The Bertz CT molecular complexity index is 294. The van der Waals surface area contributed by atoms with Crippen molar-refractivity contribution in [1.82, 2.24) is 0 Å². The van der Waals surface area contributed by atoms with Crippen LogP contribution in [0.5, 0.6) is 0 Å². The molecule has 18 heavy (non-hydrogen) atoms. The molecule has 8 nitrogen and oxygen atoms in total. The Labute approximate surface area is 105 Å². The molecule has 3 atom stereocenters. The molecule has 0 aromatic carbocycles. The van der Waals surface area contributed by atoms with Crippen LogP contribution in [0.1, 0.15) is 20.3 Å². The molecule has 0 saturated carbocycles. The lowest BCUT2D eigenvalue weighted by atomic mass is 10.3. The Kier molecular flexibility index (Phi) is 8.34. The van der Waals surface area contributed by atoms with Gasteiger partial charge in [0.05, 0.1) is 19.3 Å². The number of hydrogen-bond acceptors (Lipinski definition) is 7. The van der Waals surface area contributed by atoms with Crippen LogP contribution < -0.4 is 0 Å². The second kappa shape index (κ2) is 8.58. The molecule has 0 radical (unpaired) electrons. The van der Waals surface area contributed by atoms with Gasteiger partial charge in [-0.2, -0.15) is 0 Å². The van der Waals surface area contributed by atoms with Gasteiger partial charge in [0.2, 0.25) is 0 Å². The maximum absolute atomic E-state index is 11.3. The highest BCUT2D eigenvalue weighted by Gasteiger charge is 2.24. The van der Waals surface area contributed by atoms with Crippen LogP contribution in [-0.4, -0.2) is 53.1 Å². The predicted octanol–water partition coefficient (Wildman–Crippen LogP) is -0.185. The predicted molar refractivity (Wildman–Crippen MR) is 60.7 cm³/mol. The van der Waals surface area contributed by atoms with Crippen molar-refractivity contribution in [2.24, 2.45) is 0 Å². The monoisotopic (exact) mass is 286 g/mol. The summed E-state index contributed by atoms with van der Waals surface area (Å²) >= 11 is 0. The average Bonchev–Trinajstić information content (AvgIpc) is 2.31. The van der Waals surface area contributed by atoms with Gasteiger partial charge in [-0.1, -0.05) is 6.92 Å². The van der Waals surface area contributed by atoms with Crippen LogP contribution in [-0.2, 0) is 23.1 Å². The van der Waals surface area contributed by atoms with E-state index < -0.39 is 32.6 Å². The molecule has 0 aromatic heterocycles. The Morgan fingerprint density at radius 2 is 1.67 bits per heavy atom. The molecule has 0 aliphatic rings. The highest BCUT2D eigenvalue weighted by Crippen LogP contribution is 2.43. The number of carbonyl (C=O) groups excluding carboxylic acids is 1. The summed E-state index contributed by atoms with van der Waals surface area (Å²) < 4.78 is 24.7. The van der Waals surface area contributed by atoms with Crippen LogP contribution in [0, 0.1) is 0 Å². The van der Waals surface area contributed by atoms with E-state index in [1.54, 1.807) is 6.92 Å². The summed E-state index contributed by atoms with van der Waals surface area (Å²) in [6.45, 7) is 1.64. The average molecular weight is 286 g/mol. The second-order valence-corrected chi connectivity index (χ2v) is 5.03. The van der Waals surface area contributed by atoms with Gasteiger partial charge in [0.1, 0.15) is 12.7 Å². The van der Waals surface area contributed by atoms with E-state index in [0.717, 1.165) is 0 Å². The van der Waals surface area contributed by atoms with Crippen molar-refractivity contribution in [3.63, 3.8) is 0 Å². The van der Waals surface area contributed by atoms with Gasteiger partial charge in [-0.25, -0.2) is 4.57 Å². The van der Waals surface area contributed by atoms with Crippen molar-refractivity contribution in [3.8, 4) is 0 Å². The quantitative estimate of drug-likeness (QED) is 0.394. The number of phosphoric ester groups is 1. The molecule has 3 unspecified atom stereocenters. The van der Waals surface area contributed by atoms with Crippen LogP contribution >= 0.6 is 7.82 Å². The molecule has 3 N–H and O–H groups in total. The van der Waals surface area contributed by atoms with E-state index in [1.165, 1.54) is 6.92 Å². The summed E-state index contributed by atoms with van der Waals surface area (Å²) in [6.07, 6.45) is -1.72. The van der Waals surface area contributed by atoms with E-state index in [-0.39, 0.29) is 13.2 Å². The number of aliphatic hydroxyl groups is 2. The molecule has 9 heteroatoms. The third-order valence-corrected chi connectivity index (χ3v) is 2.76. The minimum atomic E-state index is -4.32. The van der Waals surface area contributed by atoms with Gasteiger partial charge in [0, 0.05) is 6.92 Å². The van der Waals surface area contributed by atoms with Crippen molar-refractivity contribution in [2.45, 2.75) is 32.5 Å². The summed E-state index contributed by atoms with van der Waals surface area (Å²) in [5, 5.41) is 18.4. The number of phosphoric acid groups is 1. The molecule has 0 saturated heterocycles. The summed E-state index contributed by atoms with van der Waals surface area (Å²) in [6, 6.07) is 0. The molecule has 0 aliphatic carbocycles. The largest absolute Gasteiger partial charge is 0.472 e. The van der Waals surface area contributed by atoms with Crippen LogP contribution in [0.2, 0.25) is 0 Å². The number of rotatable bonds is 9. The van der Waals surface area contributed by atoms with Crippen molar-refractivity contribution in [2.75, 3.05) is 19.8 Å². The Morgan fingerprint density at radius 3 is 2.11 bits per heavy atom. The first kappa shape index (κ1) is 17.5. The molecular formula is C9H19O8P. The minimum absolute atomic E-state index is 0.340. The first-order chi connectivity index (χ1) is 8.26. The SMILES string of the molecule is CCC(O)COP(=O)(O)OCC(O)COC(C)=O. The lowest BCUT2D eigenvalue weighted by Crippen LogP contribution is -2.23. The summed E-state index contributed by atoms with van der Waals surface area (Å²) in [7, 11) is -4.32. The topological polar surface area (TPSA) is 123 Å². The molecular weight excluding hydrogens is 267 g/mol. The first-order valence-corrected chi connectivity index (χ1v) is 6.87. The lowest BCUT2D eigenvalue weighted by molar-refractivity contribution is -0.144. The van der Waals surface area contributed by atoms with Crippen molar-refractivity contribution in [1.29, 1.82) is 0 Å². The number of ether oxygens (including phenoxy) is 1. The third kappa shape index (κ3) is 9.52. The maximum Gasteiger partial charge on any atom is 0.472 e. The zero-order valence-corrected chi connectivity index (χ0v) is 11.2. The zero-order chi connectivity index (χ0) is 14.2. The Morgan fingerprint density at radius 1 is 1.17 bits per heavy atom. The number of carbonyl (C=O) groups is 1. The van der Waals surface area contributed by atoms with Gasteiger partial charge >= 0.3 is 13.8 Å². The molecule has 108 valence electrons. The van der Waals surface area contributed by atoms with Crippen LogP contribution in [0.25, 0.3) is 0 Å². The minimum Gasteiger partial charge on any atom is -0.463 e. The molecule has 0 bridgehead atoms. The Hall–Kier alpha value is -0.500. The second-order valence-electron chi connectivity index (χ2n) is 3.58. The fraction of sp³-hybridized carbons (Fsp3) is 0.889. The van der Waals surface area contributed by atoms with Crippen LogP contribution in [0.4, 0.5) is 0 Å². The van der Waals surface area contributed by atoms with Gasteiger partial charge in [-0.05, 0) is 6.42 Å². The van der Waals surface area contributed by atoms with E-state index >= 15 is 0 Å². The van der Waals surface area contributed by atoms with Crippen molar-refractivity contribution in [3.05, 3.63) is 0 Å². The maximum atomic E-state index is 11.3. The van der Waals surface area contributed by atoms with Gasteiger partial charge in [0.25, 0.3) is 0 Å². The highest BCUT2D eigenvalue weighted by molar-refractivity contribution is 7.47. The number of aliphatic hydroxyl groups excluding tert-OH is 2.